The van der Waals surface area contributed by atoms with Crippen molar-refractivity contribution in [1.82, 2.24) is 49.8 Å². The van der Waals surface area contributed by atoms with Gasteiger partial charge in [0, 0.05) is 109 Å². The Labute approximate surface area is 860 Å². The molecule has 0 radical (unpaired) electrons. The first kappa shape index (κ1) is 98.9. The first-order chi connectivity index (χ1) is 65.3. The standard InChI is InChI=1S/C36H23N3.C31H20N2.C26H16FN5.C26H16N2.2CH4.4Pt/c1-2-16-32(17-3-1)39(33-18-8-14-28(20-33)35-22-26-10-4-6-12-30(26)24-37-35)34-19-9-15-29(21-34)36-23-27-11-5-7-13-31(27)25-38-36;1-3-13-28-24(9-1)15-17-32-30(28)26-11-5-7-22(20-26)19-23-8-6-12-27(21-23)31-29-14-4-2-10-25(29)16-18-33-31;27-21-7-9-22(10-8-21)32(23-5-1-3-19(15-23)25-17-28-11-13-30-25)24-6-2-4-20(16-24)26-18-29-12-14-31-26;1-3-15-27-25(11-1)21-9-5-8-20(17-21)23-10-6-7-19-13-14-22(18-24(19)23)26-12-2-4-16-28-26;;;;;;/h1-19,22-25H;1-18H,19H2;1-14,17-18H;1-16H;2*1H4;;;;/q4*-2;;;4*+2. The summed E-state index contributed by atoms with van der Waals surface area (Å²) >= 11 is 0. The first-order valence-electron chi connectivity index (χ1n) is 43.1. The molecule has 23 rings (SSSR count). The number of halogens is 1. The van der Waals surface area contributed by atoms with Crippen LogP contribution in [0, 0.1) is 54.3 Å². The van der Waals surface area contributed by atoms with Gasteiger partial charge in [0.15, 0.2) is 0 Å². The van der Waals surface area contributed by atoms with E-state index in [9.17, 15) is 4.39 Å². The number of fused-ring (bicyclic) bond motifs is 5. The summed E-state index contributed by atoms with van der Waals surface area (Å²) in [6.45, 7) is 0. The fourth-order valence-electron chi connectivity index (χ4n) is 16.0. The van der Waals surface area contributed by atoms with Crippen LogP contribution in [0.5, 0.6) is 0 Å². The molecule has 0 N–H and O–H groups in total. The molecule has 0 aliphatic heterocycles. The van der Waals surface area contributed by atoms with Crippen LogP contribution in [0.3, 0.4) is 0 Å². The average molecular weight is 2500 g/mol. The van der Waals surface area contributed by atoms with E-state index < -0.39 is 0 Å². The third-order valence-corrected chi connectivity index (χ3v) is 22.4. The molecule has 0 aliphatic rings. The van der Waals surface area contributed by atoms with Gasteiger partial charge in [0.25, 0.3) is 0 Å². The maximum absolute atomic E-state index is 13.7. The second-order valence-electron chi connectivity index (χ2n) is 31.0. The van der Waals surface area contributed by atoms with E-state index in [2.05, 4.69) is 318 Å². The molecular formula is C121H83FN12Pt4. The van der Waals surface area contributed by atoms with Crippen LogP contribution in [0.1, 0.15) is 26.0 Å². The number of hydrogen-bond donors (Lipinski definition) is 0. The molecule has 0 bridgehead atoms. The van der Waals surface area contributed by atoms with Crippen LogP contribution >= 0.6 is 0 Å². The van der Waals surface area contributed by atoms with Crippen LogP contribution in [0.2, 0.25) is 0 Å². The van der Waals surface area contributed by atoms with Gasteiger partial charge in [-0.2, -0.15) is 0 Å². The molecule has 138 heavy (non-hydrogen) atoms. The van der Waals surface area contributed by atoms with E-state index in [1.54, 1.807) is 55.5 Å². The van der Waals surface area contributed by atoms with Gasteiger partial charge in [0.2, 0.25) is 0 Å². The summed E-state index contributed by atoms with van der Waals surface area (Å²) in [6, 6.07) is 152. The molecule has 15 aromatic carbocycles. The molecule has 0 atom stereocenters. The van der Waals surface area contributed by atoms with Gasteiger partial charge >= 0.3 is 84.3 Å². The van der Waals surface area contributed by atoms with Crippen LogP contribution in [0.25, 0.3) is 155 Å². The van der Waals surface area contributed by atoms with Crippen molar-refractivity contribution in [3.8, 4) is 101 Å². The normalized spacial score (nSPS) is 10.5. The third kappa shape index (κ3) is 23.2. The Kier molecular flexibility index (Phi) is 34.0. The first-order valence-corrected chi connectivity index (χ1v) is 43.1. The summed E-state index contributed by atoms with van der Waals surface area (Å²) in [6.07, 6.45) is 21.9. The molecule has 17 heteroatoms. The van der Waals surface area contributed by atoms with E-state index in [0.717, 1.165) is 185 Å². The van der Waals surface area contributed by atoms with Gasteiger partial charge in [-0.05, 0) is 156 Å². The minimum absolute atomic E-state index is 0. The molecule has 0 unspecified atom stereocenters. The maximum Gasteiger partial charge on any atom is 2.00 e. The number of pyridine rings is 6. The van der Waals surface area contributed by atoms with Gasteiger partial charge in [-0.1, -0.05) is 207 Å². The van der Waals surface area contributed by atoms with Gasteiger partial charge in [-0.3, -0.25) is 19.9 Å². The predicted octanol–water partition coefficient (Wildman–Crippen LogP) is 29.8. The zero-order valence-electron chi connectivity index (χ0n) is 72.4. The minimum Gasteiger partial charge on any atom is -0.346 e. The van der Waals surface area contributed by atoms with Crippen LogP contribution in [0.15, 0.2) is 444 Å². The fourth-order valence-corrected chi connectivity index (χ4v) is 16.0. The smallest absolute Gasteiger partial charge is 0.346 e. The number of nitrogens with zero attached hydrogens (tertiary/aromatic N) is 12. The Morgan fingerprint density at radius 2 is 0.601 bits per heavy atom. The molecule has 674 valence electrons. The van der Waals surface area contributed by atoms with E-state index in [4.69, 9.17) is 9.97 Å². The largest absolute Gasteiger partial charge is 2.00 e. The molecule has 0 fully saturated rings. The van der Waals surface area contributed by atoms with E-state index in [1.807, 2.05) is 157 Å². The fraction of sp³-hybridized carbons (Fsp3) is 0.0248. The van der Waals surface area contributed by atoms with Gasteiger partial charge in [-0.25, -0.2) is 4.39 Å². The van der Waals surface area contributed by atoms with E-state index in [0.29, 0.717) is 11.4 Å². The van der Waals surface area contributed by atoms with Crippen molar-refractivity contribution in [2.75, 3.05) is 9.80 Å². The van der Waals surface area contributed by atoms with Crippen molar-refractivity contribution >= 4 is 88.0 Å². The third-order valence-electron chi connectivity index (χ3n) is 22.4. The number of rotatable bonds is 17. The summed E-state index contributed by atoms with van der Waals surface area (Å²) in [7, 11) is 0. The second kappa shape index (κ2) is 47.4. The quantitative estimate of drug-likeness (QED) is 0.0803. The molecule has 0 amide bonds. The van der Waals surface area contributed by atoms with Crippen molar-refractivity contribution < 1.29 is 88.7 Å². The molecule has 0 saturated carbocycles. The Balaban J connectivity index is 0.000000146. The van der Waals surface area contributed by atoms with Crippen molar-refractivity contribution in [2.24, 2.45) is 0 Å². The Morgan fingerprint density at radius 3 is 1.07 bits per heavy atom. The monoisotopic (exact) mass is 2500 g/mol. The Morgan fingerprint density at radius 1 is 0.225 bits per heavy atom. The van der Waals surface area contributed by atoms with Crippen LogP contribution in [-0.4, -0.2) is 49.8 Å². The van der Waals surface area contributed by atoms with Gasteiger partial charge < -0.3 is 39.7 Å². The Bertz CT molecular complexity index is 7660. The van der Waals surface area contributed by atoms with Crippen LogP contribution in [0.4, 0.5) is 38.5 Å². The number of hydrogen-bond acceptors (Lipinski definition) is 12. The summed E-state index contributed by atoms with van der Waals surface area (Å²) in [5, 5.41) is 11.4. The zero-order chi connectivity index (χ0) is 88.6. The minimum atomic E-state index is -0.303. The number of benzene rings is 15. The molecule has 8 aromatic heterocycles. The summed E-state index contributed by atoms with van der Waals surface area (Å²) < 4.78 is 13.7. The summed E-state index contributed by atoms with van der Waals surface area (Å²) in [5.74, 6) is -0.303. The number of anilines is 6. The molecule has 23 aromatic rings. The zero-order valence-corrected chi connectivity index (χ0v) is 81.5. The van der Waals surface area contributed by atoms with Crippen molar-refractivity contribution in [2.45, 2.75) is 21.3 Å². The molecule has 0 spiro atoms. The van der Waals surface area contributed by atoms with Crippen molar-refractivity contribution in [3.63, 3.8) is 0 Å². The number of para-hydroxylation sites is 1. The van der Waals surface area contributed by atoms with Gasteiger partial charge in [-0.15, -0.1) is 244 Å². The predicted molar refractivity (Wildman–Crippen MR) is 543 cm³/mol. The van der Waals surface area contributed by atoms with Gasteiger partial charge in [0.05, 0.1) is 0 Å². The summed E-state index contributed by atoms with van der Waals surface area (Å²) in [5.41, 5.74) is 23.9. The maximum atomic E-state index is 13.7. The van der Waals surface area contributed by atoms with Crippen LogP contribution in [-0.2, 0) is 90.7 Å². The van der Waals surface area contributed by atoms with Crippen molar-refractivity contribution in [3.05, 3.63) is 510 Å². The van der Waals surface area contributed by atoms with E-state index in [-0.39, 0.29) is 105 Å². The average Bonchev–Trinajstić information content (AvgIpc) is 0.780. The molecule has 0 saturated heterocycles. The Hall–Kier alpha value is -15.1. The molecule has 0 aliphatic carbocycles. The SMILES string of the molecule is C.C.Fc1ccc(N(c2[c-]c(-c3cnccn3)ccc2)c2[c-]c(-c3cnccn3)ccc2)cc1.[Pt+2].[Pt+2].[Pt+2].[Pt+2].[c-]1c(-c2cc3ccccc3cn2)cccc1N(c1[c-]c(-c2cc3ccccc3cn2)ccc1)c1ccccc1.[c-]1c(-c2ccccn2)cccc1-c1cccc2ccc(-c3ccccn3)[c-]c12.[c-]1c(Cc2[c-]c(-c3nccc4ccccc34)ccc2)cccc1-c1nccc2ccccc12. The molecule has 8 heterocycles. The van der Waals surface area contributed by atoms with Crippen LogP contribution < -0.4 is 9.80 Å². The molecule has 12 nitrogen and oxygen atoms in total. The number of aromatic nitrogens is 10. The summed E-state index contributed by atoms with van der Waals surface area (Å²) in [4.78, 5) is 48.9. The molecular weight excluding hydrogens is 2420 g/mol. The topological polar surface area (TPSA) is 135 Å². The van der Waals surface area contributed by atoms with E-state index >= 15 is 0 Å². The van der Waals surface area contributed by atoms with Crippen molar-refractivity contribution in [1.29, 1.82) is 0 Å². The van der Waals surface area contributed by atoms with E-state index in [1.165, 1.54) is 22.9 Å². The second-order valence-corrected chi connectivity index (χ2v) is 31.0. The van der Waals surface area contributed by atoms with Gasteiger partial charge in [0.1, 0.15) is 5.82 Å².